The average molecular weight is 450 g/mol. The van der Waals surface area contributed by atoms with E-state index < -0.39 is 12.1 Å². The number of ether oxygens (including phenoxy) is 2. The summed E-state index contributed by atoms with van der Waals surface area (Å²) in [6.45, 7) is 0.727. The highest BCUT2D eigenvalue weighted by molar-refractivity contribution is 9.10. The predicted molar refractivity (Wildman–Crippen MR) is 110 cm³/mol. The number of hydrogen-bond donors (Lipinski definition) is 1. The number of rotatable bonds is 6. The number of nitrogens with one attached hydrogen (secondary N) is 1. The smallest absolute Gasteiger partial charge is 0.407 e. The second-order valence-corrected chi connectivity index (χ2v) is 7.71. The number of methoxy groups -OCH3 is 2. The Labute approximate surface area is 172 Å². The molecule has 2 amide bonds. The molecular weight excluding hydrogens is 426 g/mol. The van der Waals surface area contributed by atoms with Gasteiger partial charge in [0.25, 0.3) is 0 Å². The number of alkyl carbamates (subject to hydrolysis) is 1. The average Bonchev–Trinajstić information content (AvgIpc) is 3.36. The van der Waals surface area contributed by atoms with Crippen LogP contribution in [0.5, 0.6) is 0 Å². The van der Waals surface area contributed by atoms with E-state index in [2.05, 4.69) is 43.1 Å². The van der Waals surface area contributed by atoms with Crippen LogP contribution in [0.15, 0.2) is 39.9 Å². The number of benzene rings is 1. The Hall–Kier alpha value is -2.19. The molecule has 0 bridgehead atoms. The highest BCUT2D eigenvalue weighted by Gasteiger charge is 2.37. The Balaban J connectivity index is 1.68. The third-order valence-corrected chi connectivity index (χ3v) is 5.53. The summed E-state index contributed by atoms with van der Waals surface area (Å²) < 4.78 is 10.8. The van der Waals surface area contributed by atoms with E-state index in [-0.39, 0.29) is 18.6 Å². The van der Waals surface area contributed by atoms with Crippen molar-refractivity contribution in [3.63, 3.8) is 0 Å². The zero-order chi connectivity index (χ0) is 20.1. The number of hydrogen-bond acceptors (Lipinski definition) is 5. The summed E-state index contributed by atoms with van der Waals surface area (Å²) in [7, 11) is 2.76. The molecule has 2 atom stereocenters. The number of nitrogens with zero attached hydrogens (tertiary/aromatic N) is 2. The van der Waals surface area contributed by atoms with Crippen LogP contribution in [0.4, 0.5) is 4.79 Å². The number of allylic oxidation sites excluding steroid dienone is 1. The maximum Gasteiger partial charge on any atom is 0.407 e. The van der Waals surface area contributed by atoms with E-state index >= 15 is 0 Å². The van der Waals surface area contributed by atoms with Crippen molar-refractivity contribution in [3.8, 4) is 0 Å². The first-order valence-electron chi connectivity index (χ1n) is 9.19. The molecular formula is C20H24BrN3O4. The molecule has 7 nitrogen and oxygen atoms in total. The van der Waals surface area contributed by atoms with Gasteiger partial charge < -0.3 is 19.7 Å². The number of amides is 2. The van der Waals surface area contributed by atoms with Crippen LogP contribution in [0.25, 0.3) is 5.57 Å². The minimum Gasteiger partial charge on any atom is -0.453 e. The summed E-state index contributed by atoms with van der Waals surface area (Å²) in [4.78, 5) is 31.0. The molecule has 1 N–H and O–H groups in total. The van der Waals surface area contributed by atoms with E-state index in [4.69, 9.17) is 4.74 Å². The Morgan fingerprint density at radius 2 is 2.07 bits per heavy atom. The summed E-state index contributed by atoms with van der Waals surface area (Å²) in [6, 6.07) is 7.29. The van der Waals surface area contributed by atoms with Gasteiger partial charge in [0.05, 0.1) is 19.8 Å². The molecule has 2 aliphatic heterocycles. The molecule has 1 aromatic rings. The van der Waals surface area contributed by atoms with Gasteiger partial charge in [-0.25, -0.2) is 4.79 Å². The molecule has 8 heteroatoms. The molecule has 3 rings (SSSR count). The van der Waals surface area contributed by atoms with Gasteiger partial charge >= 0.3 is 6.09 Å². The number of likely N-dealkylation sites (tertiary alicyclic amines) is 1. The van der Waals surface area contributed by atoms with Crippen molar-refractivity contribution in [1.82, 2.24) is 10.2 Å². The second-order valence-electron chi connectivity index (χ2n) is 6.79. The van der Waals surface area contributed by atoms with Gasteiger partial charge in [-0.05, 0) is 36.1 Å². The van der Waals surface area contributed by atoms with E-state index in [9.17, 15) is 9.59 Å². The molecule has 1 aromatic carbocycles. The van der Waals surface area contributed by atoms with E-state index in [1.54, 1.807) is 4.90 Å². The first-order valence-corrected chi connectivity index (χ1v) is 9.98. The fourth-order valence-corrected chi connectivity index (χ4v) is 3.88. The zero-order valence-electron chi connectivity index (χ0n) is 16.0. The lowest BCUT2D eigenvalue weighted by molar-refractivity contribution is -0.134. The van der Waals surface area contributed by atoms with Crippen LogP contribution in [0.3, 0.4) is 0 Å². The van der Waals surface area contributed by atoms with Gasteiger partial charge in [0.15, 0.2) is 0 Å². The molecule has 0 saturated carbocycles. The van der Waals surface area contributed by atoms with Crippen molar-refractivity contribution < 1.29 is 19.1 Å². The minimum absolute atomic E-state index is 0.0597. The monoisotopic (exact) mass is 449 g/mol. The third kappa shape index (κ3) is 4.62. The molecule has 28 heavy (non-hydrogen) atoms. The summed E-state index contributed by atoms with van der Waals surface area (Å²) >= 11 is 3.45. The fourth-order valence-electron chi connectivity index (χ4n) is 3.61. The lowest BCUT2D eigenvalue weighted by Crippen LogP contribution is -2.53. The SMILES string of the molecule is COC[C@H](NC(=O)OC)C(=O)N1CCC[C@H]1C1=NC=C(c2ccc(Br)cc2)C1. The molecule has 1 saturated heterocycles. The van der Waals surface area contributed by atoms with Gasteiger partial charge in [-0.15, -0.1) is 0 Å². The van der Waals surface area contributed by atoms with E-state index in [0.717, 1.165) is 40.6 Å². The van der Waals surface area contributed by atoms with Crippen LogP contribution in [0.1, 0.15) is 24.8 Å². The van der Waals surface area contributed by atoms with E-state index in [1.807, 2.05) is 18.3 Å². The molecule has 2 heterocycles. The van der Waals surface area contributed by atoms with Gasteiger partial charge in [0.1, 0.15) is 6.04 Å². The molecule has 0 spiro atoms. The van der Waals surface area contributed by atoms with Gasteiger partial charge in [0.2, 0.25) is 5.91 Å². The highest BCUT2D eigenvalue weighted by Crippen LogP contribution is 2.30. The lowest BCUT2D eigenvalue weighted by atomic mass is 9.98. The topological polar surface area (TPSA) is 80.2 Å². The molecule has 1 fully saturated rings. The van der Waals surface area contributed by atoms with Crippen molar-refractivity contribution >= 4 is 39.2 Å². The molecule has 0 aliphatic carbocycles. The summed E-state index contributed by atoms with van der Waals surface area (Å²) in [5, 5.41) is 2.56. The van der Waals surface area contributed by atoms with Gasteiger partial charge in [-0.3, -0.25) is 9.79 Å². The van der Waals surface area contributed by atoms with Crippen LogP contribution >= 0.6 is 15.9 Å². The van der Waals surface area contributed by atoms with Crippen LogP contribution in [0.2, 0.25) is 0 Å². The Morgan fingerprint density at radius 3 is 2.75 bits per heavy atom. The van der Waals surface area contributed by atoms with Crippen molar-refractivity contribution in [2.45, 2.75) is 31.3 Å². The largest absolute Gasteiger partial charge is 0.453 e. The van der Waals surface area contributed by atoms with Gasteiger partial charge in [-0.2, -0.15) is 0 Å². The highest BCUT2D eigenvalue weighted by atomic mass is 79.9. The maximum atomic E-state index is 13.0. The molecule has 2 aliphatic rings. The lowest BCUT2D eigenvalue weighted by Gasteiger charge is -2.29. The van der Waals surface area contributed by atoms with E-state index in [0.29, 0.717) is 6.54 Å². The fraction of sp³-hybridized carbons (Fsp3) is 0.450. The van der Waals surface area contributed by atoms with E-state index in [1.165, 1.54) is 14.2 Å². The van der Waals surface area contributed by atoms with Crippen LogP contribution in [-0.4, -0.2) is 62.1 Å². The predicted octanol–water partition coefficient (Wildman–Crippen LogP) is 3.00. The first-order chi connectivity index (χ1) is 13.5. The van der Waals surface area contributed by atoms with Crippen LogP contribution in [0, 0.1) is 0 Å². The Bertz CT molecular complexity index is 791. The van der Waals surface area contributed by atoms with Crippen molar-refractivity contribution in [2.75, 3.05) is 27.4 Å². The Morgan fingerprint density at radius 1 is 1.32 bits per heavy atom. The normalized spacial score (nSPS) is 19.8. The number of carbonyl (C=O) groups excluding carboxylic acids is 2. The third-order valence-electron chi connectivity index (χ3n) is 5.00. The summed E-state index contributed by atoms with van der Waals surface area (Å²) in [5.41, 5.74) is 3.25. The second kappa shape index (κ2) is 9.34. The zero-order valence-corrected chi connectivity index (χ0v) is 17.6. The minimum atomic E-state index is -0.779. The molecule has 150 valence electrons. The quantitative estimate of drug-likeness (QED) is 0.723. The Kier molecular flexibility index (Phi) is 6.85. The number of halogens is 1. The van der Waals surface area contributed by atoms with Crippen molar-refractivity contribution in [2.24, 2.45) is 4.99 Å². The first kappa shape index (κ1) is 20.5. The maximum absolute atomic E-state index is 13.0. The summed E-state index contributed by atoms with van der Waals surface area (Å²) in [6.07, 6.45) is 3.72. The summed E-state index contributed by atoms with van der Waals surface area (Å²) in [5.74, 6) is -0.172. The standard InChI is InChI=1S/C20H24BrN3O4/c1-27-12-17(23-20(26)28-2)19(25)24-9-3-4-18(24)16-10-14(11-22-16)13-5-7-15(21)8-6-13/h5-8,11,17-18H,3-4,9-10,12H2,1-2H3,(H,23,26)/t17-,18-/m0/s1. The molecule has 0 unspecified atom stereocenters. The molecule has 0 radical (unpaired) electrons. The van der Waals surface area contributed by atoms with Crippen LogP contribution < -0.4 is 5.32 Å². The van der Waals surface area contributed by atoms with Crippen LogP contribution in [-0.2, 0) is 14.3 Å². The van der Waals surface area contributed by atoms with Crippen molar-refractivity contribution in [1.29, 1.82) is 0 Å². The van der Waals surface area contributed by atoms with Gasteiger partial charge in [-0.1, -0.05) is 28.1 Å². The molecule has 0 aromatic heterocycles. The number of carbonyl (C=O) groups is 2. The van der Waals surface area contributed by atoms with Gasteiger partial charge in [0, 0.05) is 36.5 Å². The number of aliphatic imine (C=N–C) groups is 1. The van der Waals surface area contributed by atoms with Crippen molar-refractivity contribution in [3.05, 3.63) is 40.5 Å².